The van der Waals surface area contributed by atoms with E-state index in [1.807, 2.05) is 0 Å². The van der Waals surface area contributed by atoms with E-state index in [2.05, 4.69) is 25.5 Å². The zero-order valence-electron chi connectivity index (χ0n) is 16.6. The fraction of sp³-hybridized carbons (Fsp3) is 0.368. The zero-order chi connectivity index (χ0) is 22.5. The normalized spacial score (nSPS) is 16.8. The van der Waals surface area contributed by atoms with Crippen LogP contribution in [-0.2, 0) is 23.0 Å². The van der Waals surface area contributed by atoms with Crippen LogP contribution in [-0.4, -0.2) is 58.0 Å². The number of anilines is 2. The van der Waals surface area contributed by atoms with Crippen LogP contribution in [0, 0.1) is 17.6 Å². The summed E-state index contributed by atoms with van der Waals surface area (Å²) < 4.78 is 63.2. The van der Waals surface area contributed by atoms with Crippen LogP contribution in [0.5, 0.6) is 0 Å². The van der Waals surface area contributed by atoms with Gasteiger partial charge in [0.25, 0.3) is 16.0 Å². The third kappa shape index (κ3) is 4.25. The van der Waals surface area contributed by atoms with E-state index in [0.717, 1.165) is 11.1 Å². The summed E-state index contributed by atoms with van der Waals surface area (Å²) in [5.41, 5.74) is 2.03. The average molecular weight is 464 g/mol. The van der Waals surface area contributed by atoms with Gasteiger partial charge in [0.15, 0.2) is 11.6 Å². The Labute approximate surface area is 181 Å². The second-order valence-electron chi connectivity index (χ2n) is 7.99. The molecular formula is C19H18F2N6O4S. The Morgan fingerprint density at radius 2 is 1.72 bits per heavy atom. The quantitative estimate of drug-likeness (QED) is 0.519. The predicted molar refractivity (Wildman–Crippen MR) is 109 cm³/mol. The van der Waals surface area contributed by atoms with Crippen molar-refractivity contribution in [2.75, 3.05) is 29.1 Å². The molecule has 1 aliphatic carbocycles. The van der Waals surface area contributed by atoms with Crippen molar-refractivity contribution in [1.82, 2.24) is 20.2 Å². The van der Waals surface area contributed by atoms with E-state index >= 15 is 0 Å². The molecule has 1 fully saturated rings. The molecule has 1 aromatic carbocycles. The average Bonchev–Trinajstić information content (AvgIpc) is 3.31. The molecule has 13 heteroatoms. The molecular weight excluding hydrogens is 446 g/mol. The Bertz CT molecular complexity index is 1230. The Morgan fingerprint density at radius 3 is 2.31 bits per heavy atom. The van der Waals surface area contributed by atoms with Gasteiger partial charge in [0.2, 0.25) is 5.95 Å². The Hall–Kier alpha value is -3.19. The van der Waals surface area contributed by atoms with E-state index < -0.39 is 21.8 Å². The van der Waals surface area contributed by atoms with E-state index in [-0.39, 0.29) is 29.6 Å². The number of halogens is 2. The van der Waals surface area contributed by atoms with Crippen molar-refractivity contribution in [2.45, 2.75) is 18.9 Å². The maximum Gasteiger partial charge on any atom is 0.318 e. The number of fused-ring (bicyclic) bond motifs is 1. The summed E-state index contributed by atoms with van der Waals surface area (Å²) in [4.78, 5) is 10.2. The maximum atomic E-state index is 13.4. The molecule has 0 atom stereocenters. The number of hydrogen-bond acceptors (Lipinski definition) is 9. The van der Waals surface area contributed by atoms with Crippen LogP contribution in [0.1, 0.15) is 11.1 Å². The van der Waals surface area contributed by atoms with Crippen molar-refractivity contribution in [1.29, 1.82) is 0 Å². The van der Waals surface area contributed by atoms with E-state index in [1.54, 1.807) is 4.90 Å². The van der Waals surface area contributed by atoms with E-state index in [0.29, 0.717) is 37.4 Å². The van der Waals surface area contributed by atoms with E-state index in [1.165, 1.54) is 24.5 Å². The van der Waals surface area contributed by atoms with Crippen LogP contribution < -0.4 is 10.2 Å². The van der Waals surface area contributed by atoms with Gasteiger partial charge in [-0.25, -0.2) is 18.7 Å². The molecule has 0 radical (unpaired) electrons. The topological polar surface area (TPSA) is 134 Å². The molecule has 5 rings (SSSR count). The van der Waals surface area contributed by atoms with Crippen molar-refractivity contribution < 1.29 is 26.2 Å². The Balaban J connectivity index is 1.19. The highest BCUT2D eigenvalue weighted by Gasteiger charge is 2.33. The first-order valence-corrected chi connectivity index (χ1v) is 11.4. The highest BCUT2D eigenvalue weighted by molar-refractivity contribution is 7.85. The van der Waals surface area contributed by atoms with Gasteiger partial charge < -0.3 is 14.6 Å². The molecule has 0 unspecified atom stereocenters. The molecule has 0 amide bonds. The van der Waals surface area contributed by atoms with Crippen LogP contribution in [0.25, 0.3) is 11.5 Å². The minimum absolute atomic E-state index is 0.0749. The fourth-order valence-corrected chi connectivity index (χ4v) is 4.81. The van der Waals surface area contributed by atoms with Crippen LogP contribution in [0.15, 0.2) is 28.9 Å². The van der Waals surface area contributed by atoms with Crippen molar-refractivity contribution in [3.8, 4) is 11.5 Å². The van der Waals surface area contributed by atoms with Crippen LogP contribution in [0.2, 0.25) is 0 Å². The SMILES string of the molecule is O=S(=O)(O)CC1CN(c2nnc(-c3cnc(NC4Cc5cc(F)c(F)cc5C4)nc3)o2)C1. The van der Waals surface area contributed by atoms with Crippen molar-refractivity contribution in [3.05, 3.63) is 47.3 Å². The van der Waals surface area contributed by atoms with Crippen LogP contribution in [0.3, 0.4) is 0 Å². The van der Waals surface area contributed by atoms with Gasteiger partial charge in [-0.1, -0.05) is 5.10 Å². The highest BCUT2D eigenvalue weighted by atomic mass is 32.2. The highest BCUT2D eigenvalue weighted by Crippen LogP contribution is 2.28. The standard InChI is InChI=1S/C19H18F2N6O4S/c20-15-3-11-1-14(2-12(11)4-16(15)21)24-18-22-5-13(6-23-18)17-25-26-19(31-17)27-7-10(8-27)9-32(28,29)30/h3-6,10,14H,1-2,7-9H2,(H,22,23,24)(H,28,29,30). The van der Waals surface area contributed by atoms with Crippen molar-refractivity contribution in [3.63, 3.8) is 0 Å². The molecule has 2 aromatic heterocycles. The van der Waals surface area contributed by atoms with Gasteiger partial charge in [0, 0.05) is 37.4 Å². The van der Waals surface area contributed by atoms with E-state index in [9.17, 15) is 17.2 Å². The third-order valence-corrected chi connectivity index (χ3v) is 6.39. The lowest BCUT2D eigenvalue weighted by molar-refractivity contribution is 0.389. The predicted octanol–water partition coefficient (Wildman–Crippen LogP) is 1.71. The Morgan fingerprint density at radius 1 is 1.09 bits per heavy atom. The molecule has 3 aromatic rings. The molecule has 1 aliphatic heterocycles. The van der Waals surface area contributed by atoms with E-state index in [4.69, 9.17) is 8.97 Å². The molecule has 32 heavy (non-hydrogen) atoms. The summed E-state index contributed by atoms with van der Waals surface area (Å²) in [5, 5.41) is 11.1. The fourth-order valence-electron chi connectivity index (χ4n) is 4.00. The molecule has 1 saturated heterocycles. The summed E-state index contributed by atoms with van der Waals surface area (Å²) >= 11 is 0. The molecule has 2 aliphatic rings. The second-order valence-corrected chi connectivity index (χ2v) is 9.49. The molecule has 0 bridgehead atoms. The number of rotatable bonds is 6. The minimum atomic E-state index is -4.01. The van der Waals surface area contributed by atoms with Gasteiger partial charge in [0.1, 0.15) is 0 Å². The lowest BCUT2D eigenvalue weighted by Crippen LogP contribution is -2.49. The van der Waals surface area contributed by atoms with Gasteiger partial charge >= 0.3 is 6.01 Å². The lowest BCUT2D eigenvalue weighted by atomic mass is 10.0. The van der Waals surface area contributed by atoms with Gasteiger partial charge in [-0.05, 0) is 36.1 Å². The molecule has 168 valence electrons. The summed E-state index contributed by atoms with van der Waals surface area (Å²) in [5.74, 6) is -1.62. The summed E-state index contributed by atoms with van der Waals surface area (Å²) in [7, 11) is -4.01. The third-order valence-electron chi connectivity index (χ3n) is 5.50. The lowest BCUT2D eigenvalue weighted by Gasteiger charge is -2.36. The molecule has 0 saturated carbocycles. The molecule has 10 nitrogen and oxygen atoms in total. The maximum absolute atomic E-state index is 13.4. The van der Waals surface area contributed by atoms with Gasteiger partial charge in [-0.3, -0.25) is 4.55 Å². The first kappa shape index (κ1) is 20.7. The van der Waals surface area contributed by atoms with Crippen LogP contribution in [0.4, 0.5) is 20.7 Å². The number of nitrogens with zero attached hydrogens (tertiary/aromatic N) is 5. The van der Waals surface area contributed by atoms with Gasteiger partial charge in [0.05, 0.1) is 11.3 Å². The molecule has 3 heterocycles. The smallest absolute Gasteiger partial charge is 0.318 e. The van der Waals surface area contributed by atoms with Gasteiger partial charge in [-0.2, -0.15) is 8.42 Å². The summed E-state index contributed by atoms with van der Waals surface area (Å²) in [6.07, 6.45) is 4.12. The Kier molecular flexibility index (Phi) is 5.01. The minimum Gasteiger partial charge on any atom is -0.403 e. The second kappa shape index (κ2) is 7.74. The van der Waals surface area contributed by atoms with Gasteiger partial charge in [-0.15, -0.1) is 5.10 Å². The first-order chi connectivity index (χ1) is 15.2. The largest absolute Gasteiger partial charge is 0.403 e. The van der Waals surface area contributed by atoms with Crippen molar-refractivity contribution in [2.24, 2.45) is 5.92 Å². The van der Waals surface area contributed by atoms with Crippen molar-refractivity contribution >= 4 is 22.1 Å². The number of benzene rings is 1. The number of nitrogens with one attached hydrogen (secondary N) is 1. The molecule has 0 spiro atoms. The van der Waals surface area contributed by atoms with Crippen LogP contribution >= 0.6 is 0 Å². The summed E-state index contributed by atoms with van der Waals surface area (Å²) in [6, 6.07) is 2.63. The number of aromatic nitrogens is 4. The summed E-state index contributed by atoms with van der Waals surface area (Å²) in [6.45, 7) is 0.775. The number of hydrogen-bond donors (Lipinski definition) is 2. The first-order valence-electron chi connectivity index (χ1n) is 9.83. The monoisotopic (exact) mass is 464 g/mol. The zero-order valence-corrected chi connectivity index (χ0v) is 17.4. The molecule has 2 N–H and O–H groups in total.